The Morgan fingerprint density at radius 3 is 3.05 bits per heavy atom. The van der Waals surface area contributed by atoms with Gasteiger partial charge in [0.05, 0.1) is 0 Å². The number of benzene rings is 1. The van der Waals surface area contributed by atoms with Crippen LogP contribution in [0.3, 0.4) is 0 Å². The molecule has 2 atom stereocenters. The summed E-state index contributed by atoms with van der Waals surface area (Å²) in [5.41, 5.74) is 0. The second-order valence-corrected chi connectivity index (χ2v) is 7.21. The highest BCUT2D eigenvalue weighted by Crippen LogP contribution is 2.24. The van der Waals surface area contributed by atoms with Gasteiger partial charge in [-0.3, -0.25) is 9.80 Å². The van der Waals surface area contributed by atoms with Crippen molar-refractivity contribution in [1.29, 1.82) is 0 Å². The van der Waals surface area contributed by atoms with E-state index in [4.69, 9.17) is 4.74 Å². The highest BCUT2D eigenvalue weighted by Gasteiger charge is 2.32. The lowest BCUT2D eigenvalue weighted by molar-refractivity contribution is 0.00973. The zero-order chi connectivity index (χ0) is 14.7. The van der Waals surface area contributed by atoms with E-state index >= 15 is 0 Å². The number of fused-ring (bicyclic) bond motifs is 1. The topological polar surface area (TPSA) is 15.7 Å². The Bertz CT molecular complexity index is 468. The van der Waals surface area contributed by atoms with Crippen molar-refractivity contribution in [2.75, 3.05) is 32.8 Å². The van der Waals surface area contributed by atoms with Crippen molar-refractivity contribution in [1.82, 2.24) is 9.80 Å². The monoisotopic (exact) mass is 352 g/mol. The van der Waals surface area contributed by atoms with Crippen LogP contribution in [0.4, 0.5) is 0 Å². The predicted octanol–water partition coefficient (Wildman–Crippen LogP) is 3.39. The molecule has 0 spiro atoms. The van der Waals surface area contributed by atoms with Crippen molar-refractivity contribution in [3.05, 3.63) is 28.7 Å². The average Bonchev–Trinajstić information content (AvgIpc) is 2.48. The lowest BCUT2D eigenvalue weighted by Crippen LogP contribution is -2.59. The maximum absolute atomic E-state index is 5.89. The van der Waals surface area contributed by atoms with Gasteiger partial charge < -0.3 is 4.74 Å². The predicted molar refractivity (Wildman–Crippen MR) is 89.9 cm³/mol. The zero-order valence-electron chi connectivity index (χ0n) is 12.8. The van der Waals surface area contributed by atoms with Gasteiger partial charge in [-0.25, -0.2) is 0 Å². The first kappa shape index (κ1) is 15.3. The Balaban J connectivity index is 1.48. The molecule has 21 heavy (non-hydrogen) atoms. The summed E-state index contributed by atoms with van der Waals surface area (Å²) in [4.78, 5) is 5.30. The molecule has 4 heteroatoms. The number of hydrogen-bond donors (Lipinski definition) is 0. The second kappa shape index (κ2) is 7.12. The van der Waals surface area contributed by atoms with Gasteiger partial charge in [0, 0.05) is 36.2 Å². The minimum Gasteiger partial charge on any atom is -0.492 e. The Morgan fingerprint density at radius 1 is 1.29 bits per heavy atom. The summed E-state index contributed by atoms with van der Waals surface area (Å²) in [6.45, 7) is 7.89. The largest absolute Gasteiger partial charge is 0.492 e. The number of piperazine rings is 1. The molecule has 0 amide bonds. The summed E-state index contributed by atoms with van der Waals surface area (Å²) in [7, 11) is 0. The molecule has 0 saturated carbocycles. The Hall–Kier alpha value is -0.580. The summed E-state index contributed by atoms with van der Waals surface area (Å²) in [6.07, 6.45) is 4.16. The van der Waals surface area contributed by atoms with Gasteiger partial charge in [0.1, 0.15) is 12.4 Å². The van der Waals surface area contributed by atoms with E-state index in [0.717, 1.165) is 29.4 Å². The smallest absolute Gasteiger partial charge is 0.120 e. The Morgan fingerprint density at radius 2 is 2.19 bits per heavy atom. The van der Waals surface area contributed by atoms with Crippen LogP contribution in [0, 0.1) is 0 Å². The van der Waals surface area contributed by atoms with E-state index in [1.165, 1.54) is 38.9 Å². The maximum Gasteiger partial charge on any atom is 0.120 e. The minimum absolute atomic E-state index is 0.644. The lowest BCUT2D eigenvalue weighted by atomic mass is 9.97. The normalized spacial score (nSPS) is 27.3. The van der Waals surface area contributed by atoms with Crippen molar-refractivity contribution in [3.8, 4) is 5.75 Å². The number of nitrogens with zero attached hydrogens (tertiary/aromatic N) is 2. The standard InChI is InChI=1S/C17H25BrN2O/c1-14-12-20-8-3-2-6-16(20)13-19(14)9-10-21-17-7-4-5-15(18)11-17/h4-5,7,11,14,16H,2-3,6,8-10,12-13H2,1H3. The van der Waals surface area contributed by atoms with E-state index in [-0.39, 0.29) is 0 Å². The lowest BCUT2D eigenvalue weighted by Gasteiger charge is -2.47. The third-order valence-corrected chi connectivity index (χ3v) is 5.25. The molecule has 2 fully saturated rings. The molecule has 1 aromatic carbocycles. The molecular formula is C17H25BrN2O. The van der Waals surface area contributed by atoms with E-state index in [1.54, 1.807) is 0 Å². The minimum atomic E-state index is 0.644. The van der Waals surface area contributed by atoms with Crippen LogP contribution < -0.4 is 4.74 Å². The molecule has 0 radical (unpaired) electrons. The van der Waals surface area contributed by atoms with Gasteiger partial charge >= 0.3 is 0 Å². The van der Waals surface area contributed by atoms with E-state index in [1.807, 2.05) is 24.3 Å². The third-order valence-electron chi connectivity index (χ3n) is 4.76. The van der Waals surface area contributed by atoms with Crippen LogP contribution >= 0.6 is 15.9 Å². The van der Waals surface area contributed by atoms with Gasteiger partial charge in [-0.15, -0.1) is 0 Å². The molecular weight excluding hydrogens is 328 g/mol. The van der Waals surface area contributed by atoms with Gasteiger partial charge in [0.25, 0.3) is 0 Å². The molecule has 2 aliphatic heterocycles. The summed E-state index contributed by atoms with van der Waals surface area (Å²) in [6, 6.07) is 9.52. The molecule has 116 valence electrons. The molecule has 2 unspecified atom stereocenters. The second-order valence-electron chi connectivity index (χ2n) is 6.29. The van der Waals surface area contributed by atoms with Crippen molar-refractivity contribution < 1.29 is 4.74 Å². The van der Waals surface area contributed by atoms with E-state index < -0.39 is 0 Å². The molecule has 2 heterocycles. The number of halogens is 1. The fourth-order valence-corrected chi connectivity index (χ4v) is 3.94. The first-order valence-corrected chi connectivity index (χ1v) is 8.88. The fourth-order valence-electron chi connectivity index (χ4n) is 3.56. The van der Waals surface area contributed by atoms with E-state index in [0.29, 0.717) is 6.04 Å². The SMILES string of the molecule is CC1CN2CCCCC2CN1CCOc1cccc(Br)c1. The quantitative estimate of drug-likeness (QED) is 0.825. The highest BCUT2D eigenvalue weighted by molar-refractivity contribution is 9.10. The van der Waals surface area contributed by atoms with Gasteiger partial charge in [-0.1, -0.05) is 28.4 Å². The van der Waals surface area contributed by atoms with Crippen LogP contribution in [0.25, 0.3) is 0 Å². The Labute approximate surface area is 136 Å². The fraction of sp³-hybridized carbons (Fsp3) is 0.647. The first-order valence-electron chi connectivity index (χ1n) is 8.09. The van der Waals surface area contributed by atoms with E-state index in [9.17, 15) is 0 Å². The molecule has 0 aliphatic carbocycles. The molecule has 0 aromatic heterocycles. The van der Waals surface area contributed by atoms with Crippen LogP contribution in [-0.4, -0.2) is 54.7 Å². The van der Waals surface area contributed by atoms with E-state index in [2.05, 4.69) is 32.7 Å². The van der Waals surface area contributed by atoms with Crippen LogP contribution in [0.2, 0.25) is 0 Å². The van der Waals surface area contributed by atoms with Crippen molar-refractivity contribution in [2.45, 2.75) is 38.3 Å². The molecule has 3 rings (SSSR count). The molecule has 0 N–H and O–H groups in total. The molecule has 2 aliphatic rings. The molecule has 1 aromatic rings. The number of ether oxygens (including phenoxy) is 1. The number of piperidine rings is 1. The van der Waals surface area contributed by atoms with Crippen molar-refractivity contribution in [3.63, 3.8) is 0 Å². The van der Waals surface area contributed by atoms with Crippen molar-refractivity contribution in [2.24, 2.45) is 0 Å². The number of hydrogen-bond acceptors (Lipinski definition) is 3. The summed E-state index contributed by atoms with van der Waals surface area (Å²) in [5.74, 6) is 0.952. The highest BCUT2D eigenvalue weighted by atomic mass is 79.9. The van der Waals surface area contributed by atoms with Crippen LogP contribution in [0.5, 0.6) is 5.75 Å². The molecule has 0 bridgehead atoms. The van der Waals surface area contributed by atoms with Gasteiger partial charge in [-0.05, 0) is 44.5 Å². The first-order chi connectivity index (χ1) is 10.2. The third kappa shape index (κ3) is 3.99. The maximum atomic E-state index is 5.89. The zero-order valence-corrected chi connectivity index (χ0v) is 14.4. The number of rotatable bonds is 4. The summed E-state index contributed by atoms with van der Waals surface area (Å²) >= 11 is 3.48. The Kier molecular flexibility index (Phi) is 5.19. The van der Waals surface area contributed by atoms with Crippen LogP contribution in [0.1, 0.15) is 26.2 Å². The average molecular weight is 353 g/mol. The van der Waals surface area contributed by atoms with Crippen molar-refractivity contribution >= 4 is 15.9 Å². The van der Waals surface area contributed by atoms with Gasteiger partial charge in [0.2, 0.25) is 0 Å². The van der Waals surface area contributed by atoms with Gasteiger partial charge in [-0.2, -0.15) is 0 Å². The molecule has 2 saturated heterocycles. The molecule has 3 nitrogen and oxygen atoms in total. The summed E-state index contributed by atoms with van der Waals surface area (Å²) in [5, 5.41) is 0. The van der Waals surface area contributed by atoms with Gasteiger partial charge in [0.15, 0.2) is 0 Å². The van der Waals surface area contributed by atoms with Crippen LogP contribution in [-0.2, 0) is 0 Å². The summed E-state index contributed by atoms with van der Waals surface area (Å²) < 4.78 is 6.96. The van der Waals surface area contributed by atoms with Crippen LogP contribution in [0.15, 0.2) is 28.7 Å².